The molecule has 1 aromatic carbocycles. The molecule has 7 nitrogen and oxygen atoms in total. The Morgan fingerprint density at radius 3 is 2.70 bits per heavy atom. The maximum atomic E-state index is 13.3. The van der Waals surface area contributed by atoms with Crippen LogP contribution in [-0.4, -0.2) is 65.6 Å². The van der Waals surface area contributed by atoms with Crippen LogP contribution in [-0.2, 0) is 9.53 Å². The van der Waals surface area contributed by atoms with Gasteiger partial charge in [0.05, 0.1) is 0 Å². The highest BCUT2D eigenvalue weighted by molar-refractivity contribution is 7.99. The number of fused-ring (bicyclic) bond motifs is 1. The second kappa shape index (κ2) is 8.57. The molecule has 4 rings (SSSR count). The number of hydrogen-bond donors (Lipinski definition) is 0. The number of thioether (sulfide) groups is 1. The fourth-order valence-corrected chi connectivity index (χ4v) is 5.36. The smallest absolute Gasteiger partial charge is 0.410 e. The Kier molecular flexibility index (Phi) is 6.04. The second-order valence-corrected chi connectivity index (χ2v) is 10.2. The molecule has 0 bridgehead atoms. The number of carbonyl (C=O) groups is 2. The summed E-state index contributed by atoms with van der Waals surface area (Å²) in [5.41, 5.74) is 0.638. The van der Waals surface area contributed by atoms with Crippen molar-refractivity contribution in [1.82, 2.24) is 9.80 Å². The fourth-order valence-electron chi connectivity index (χ4n) is 4.14. The third-order valence-electron chi connectivity index (χ3n) is 5.59. The Bertz CT molecular complexity index is 809. The van der Waals surface area contributed by atoms with Gasteiger partial charge in [0.1, 0.15) is 11.6 Å². The van der Waals surface area contributed by atoms with E-state index in [1.54, 1.807) is 4.90 Å². The van der Waals surface area contributed by atoms with E-state index in [0.717, 1.165) is 30.1 Å². The lowest BCUT2D eigenvalue weighted by molar-refractivity contribution is -0.135. The summed E-state index contributed by atoms with van der Waals surface area (Å²) < 4.78 is 16.4. The summed E-state index contributed by atoms with van der Waals surface area (Å²) >= 11 is 1.87. The molecule has 0 radical (unpaired) electrons. The average molecular weight is 435 g/mol. The Morgan fingerprint density at radius 1 is 1.10 bits per heavy atom. The maximum Gasteiger partial charge on any atom is 0.410 e. The van der Waals surface area contributed by atoms with Gasteiger partial charge in [-0.3, -0.25) is 9.69 Å². The monoisotopic (exact) mass is 434 g/mol. The number of hydrogen-bond acceptors (Lipinski definition) is 6. The van der Waals surface area contributed by atoms with Crippen LogP contribution in [0.4, 0.5) is 4.79 Å². The van der Waals surface area contributed by atoms with Gasteiger partial charge in [0.25, 0.3) is 0 Å². The zero-order valence-electron chi connectivity index (χ0n) is 17.9. The van der Waals surface area contributed by atoms with Crippen molar-refractivity contribution in [2.24, 2.45) is 0 Å². The largest absolute Gasteiger partial charge is 0.454 e. The van der Waals surface area contributed by atoms with Crippen LogP contribution in [0.15, 0.2) is 18.2 Å². The van der Waals surface area contributed by atoms with Crippen LogP contribution in [0.5, 0.6) is 11.5 Å². The molecule has 1 aromatic rings. The average Bonchev–Trinajstić information content (AvgIpc) is 3.29. The number of amides is 2. The van der Waals surface area contributed by atoms with Gasteiger partial charge in [-0.2, -0.15) is 11.8 Å². The molecule has 30 heavy (non-hydrogen) atoms. The molecule has 2 unspecified atom stereocenters. The van der Waals surface area contributed by atoms with E-state index in [1.165, 1.54) is 5.56 Å². The molecule has 2 atom stereocenters. The highest BCUT2D eigenvalue weighted by Crippen LogP contribution is 2.40. The Morgan fingerprint density at radius 2 is 1.90 bits per heavy atom. The molecule has 164 valence electrons. The summed E-state index contributed by atoms with van der Waals surface area (Å²) in [6, 6.07) is 5.69. The van der Waals surface area contributed by atoms with Crippen molar-refractivity contribution in [3.63, 3.8) is 0 Å². The molecule has 3 heterocycles. The minimum absolute atomic E-state index is 0.0466. The molecule has 8 heteroatoms. The Labute approximate surface area is 182 Å². The summed E-state index contributed by atoms with van der Waals surface area (Å²) in [6.07, 6.45) is 2.02. The van der Waals surface area contributed by atoms with Gasteiger partial charge in [0, 0.05) is 30.6 Å². The van der Waals surface area contributed by atoms with E-state index in [-0.39, 0.29) is 18.8 Å². The number of benzene rings is 1. The van der Waals surface area contributed by atoms with E-state index >= 15 is 0 Å². The van der Waals surface area contributed by atoms with Gasteiger partial charge in [-0.25, -0.2) is 4.79 Å². The summed E-state index contributed by atoms with van der Waals surface area (Å²) in [4.78, 5) is 29.4. The van der Waals surface area contributed by atoms with E-state index in [0.29, 0.717) is 31.3 Å². The van der Waals surface area contributed by atoms with Crippen molar-refractivity contribution in [1.29, 1.82) is 0 Å². The standard InChI is InChI=1S/C22H30N2O5S/c1-22(2,3)29-21(26)24-9-4-5-16(24)20(25)23-10-8-19(30-12-11-23)15-6-7-17-18(13-15)28-14-27-17/h6-7,13,16,19H,4-5,8-12,14H2,1-3H3. The van der Waals surface area contributed by atoms with Crippen molar-refractivity contribution in [2.45, 2.75) is 56.9 Å². The Balaban J connectivity index is 1.39. The molecular formula is C22H30N2O5S. The second-order valence-electron chi connectivity index (χ2n) is 8.92. The number of rotatable bonds is 2. The summed E-state index contributed by atoms with van der Waals surface area (Å²) in [6.45, 7) is 7.77. The predicted octanol–water partition coefficient (Wildman–Crippen LogP) is 3.82. The predicted molar refractivity (Wildman–Crippen MR) is 115 cm³/mol. The molecule has 0 spiro atoms. The third kappa shape index (κ3) is 4.63. The first-order chi connectivity index (χ1) is 14.3. The van der Waals surface area contributed by atoms with E-state index in [9.17, 15) is 9.59 Å². The normalized spacial score (nSPS) is 24.0. The molecule has 0 aliphatic carbocycles. The topological polar surface area (TPSA) is 68.3 Å². The molecule has 2 amide bonds. The van der Waals surface area contributed by atoms with Gasteiger partial charge in [-0.1, -0.05) is 6.07 Å². The van der Waals surface area contributed by atoms with Gasteiger partial charge in [0.15, 0.2) is 11.5 Å². The van der Waals surface area contributed by atoms with Gasteiger partial charge >= 0.3 is 6.09 Å². The summed E-state index contributed by atoms with van der Waals surface area (Å²) in [7, 11) is 0. The van der Waals surface area contributed by atoms with E-state index in [2.05, 4.69) is 12.1 Å². The lowest BCUT2D eigenvalue weighted by Gasteiger charge is -2.31. The van der Waals surface area contributed by atoms with Gasteiger partial charge in [-0.05, 0) is 57.7 Å². The molecule has 3 aliphatic rings. The molecule has 0 aromatic heterocycles. The van der Waals surface area contributed by atoms with Crippen LogP contribution in [0.2, 0.25) is 0 Å². The van der Waals surface area contributed by atoms with Crippen molar-refractivity contribution in [3.8, 4) is 11.5 Å². The highest BCUT2D eigenvalue weighted by atomic mass is 32.2. The van der Waals surface area contributed by atoms with Crippen molar-refractivity contribution in [2.75, 3.05) is 32.2 Å². The van der Waals surface area contributed by atoms with E-state index in [4.69, 9.17) is 14.2 Å². The maximum absolute atomic E-state index is 13.3. The van der Waals surface area contributed by atoms with Gasteiger partial charge < -0.3 is 19.1 Å². The molecular weight excluding hydrogens is 404 g/mol. The fraction of sp³-hybridized carbons (Fsp3) is 0.636. The van der Waals surface area contributed by atoms with Crippen LogP contribution in [0.3, 0.4) is 0 Å². The minimum Gasteiger partial charge on any atom is -0.454 e. The Hall–Kier alpha value is -2.09. The quantitative estimate of drug-likeness (QED) is 0.705. The van der Waals surface area contributed by atoms with Crippen molar-refractivity contribution in [3.05, 3.63) is 23.8 Å². The molecule has 0 N–H and O–H groups in total. The van der Waals surface area contributed by atoms with Crippen LogP contribution >= 0.6 is 11.8 Å². The first-order valence-electron chi connectivity index (χ1n) is 10.6. The number of likely N-dealkylation sites (tertiary alicyclic amines) is 1. The molecule has 2 saturated heterocycles. The van der Waals surface area contributed by atoms with Crippen LogP contribution in [0.1, 0.15) is 50.8 Å². The number of ether oxygens (including phenoxy) is 3. The number of carbonyl (C=O) groups excluding carboxylic acids is 2. The van der Waals surface area contributed by atoms with Gasteiger partial charge in [-0.15, -0.1) is 0 Å². The van der Waals surface area contributed by atoms with Crippen LogP contribution in [0.25, 0.3) is 0 Å². The zero-order chi connectivity index (χ0) is 21.3. The van der Waals surface area contributed by atoms with Crippen molar-refractivity contribution < 1.29 is 23.8 Å². The number of nitrogens with zero attached hydrogens (tertiary/aromatic N) is 2. The zero-order valence-corrected chi connectivity index (χ0v) is 18.7. The molecule has 2 fully saturated rings. The lowest BCUT2D eigenvalue weighted by Crippen LogP contribution is -2.49. The lowest BCUT2D eigenvalue weighted by atomic mass is 10.1. The van der Waals surface area contributed by atoms with Crippen molar-refractivity contribution >= 4 is 23.8 Å². The summed E-state index contributed by atoms with van der Waals surface area (Å²) in [5.74, 6) is 2.50. The molecule has 0 saturated carbocycles. The highest BCUT2D eigenvalue weighted by Gasteiger charge is 2.39. The SMILES string of the molecule is CC(C)(C)OC(=O)N1CCCC1C(=O)N1CCSC(c2ccc3c(c2)OCO3)CC1. The first kappa shape index (κ1) is 21.2. The van der Waals surface area contributed by atoms with Gasteiger partial charge in [0.2, 0.25) is 12.7 Å². The minimum atomic E-state index is -0.565. The van der Waals surface area contributed by atoms with Crippen LogP contribution in [0, 0.1) is 0 Å². The molecule has 3 aliphatic heterocycles. The van der Waals surface area contributed by atoms with Crippen LogP contribution < -0.4 is 9.47 Å². The summed E-state index contributed by atoms with van der Waals surface area (Å²) in [5, 5.41) is 0.308. The van der Waals surface area contributed by atoms with E-state index < -0.39 is 11.6 Å². The first-order valence-corrected chi connectivity index (χ1v) is 11.7. The third-order valence-corrected chi connectivity index (χ3v) is 6.92. The van der Waals surface area contributed by atoms with E-state index in [1.807, 2.05) is 43.5 Å².